The highest BCUT2D eigenvalue weighted by Gasteiger charge is 2.65. The molecule has 1 nitrogen and oxygen atoms in total. The highest BCUT2D eigenvalue weighted by molar-refractivity contribution is 5.98. The van der Waals surface area contributed by atoms with Gasteiger partial charge in [-0.15, -0.1) is 6.58 Å². The molecule has 1 heteroatoms. The van der Waals surface area contributed by atoms with Gasteiger partial charge in [-0.25, -0.2) is 0 Å². The van der Waals surface area contributed by atoms with Crippen LogP contribution in [0.3, 0.4) is 0 Å². The smallest absolute Gasteiger partial charge is 0.0455 e. The molecule has 4 unspecified atom stereocenters. The van der Waals surface area contributed by atoms with Crippen LogP contribution in [0.1, 0.15) is 77.0 Å². The normalized spacial score (nSPS) is 30.5. The summed E-state index contributed by atoms with van der Waals surface area (Å²) in [6.45, 7) is 18.4. The minimum atomic E-state index is -0.0194. The van der Waals surface area contributed by atoms with E-state index in [1.807, 2.05) is 0 Å². The number of fused-ring (bicyclic) bond motifs is 4. The fraction of sp³-hybridized carbons (Fsp3) is 0.448. The van der Waals surface area contributed by atoms with Crippen LogP contribution in [-0.2, 0) is 5.41 Å². The Morgan fingerprint density at radius 1 is 1.20 bits per heavy atom. The summed E-state index contributed by atoms with van der Waals surface area (Å²) in [5.41, 5.74) is 8.99. The maximum Gasteiger partial charge on any atom is 0.0455 e. The first-order chi connectivity index (χ1) is 14.3. The van der Waals surface area contributed by atoms with Crippen LogP contribution in [0.2, 0.25) is 0 Å². The van der Waals surface area contributed by atoms with Gasteiger partial charge in [0.1, 0.15) is 0 Å². The lowest BCUT2D eigenvalue weighted by molar-refractivity contribution is 0.567. The molecule has 2 aromatic carbocycles. The van der Waals surface area contributed by atoms with E-state index in [-0.39, 0.29) is 10.8 Å². The van der Waals surface area contributed by atoms with Gasteiger partial charge in [0.15, 0.2) is 0 Å². The van der Waals surface area contributed by atoms with E-state index in [9.17, 15) is 0 Å². The summed E-state index contributed by atoms with van der Waals surface area (Å²) in [6, 6.07) is 12.0. The van der Waals surface area contributed by atoms with Crippen LogP contribution in [-0.4, -0.2) is 6.04 Å². The SMILES string of the molecule is C=CC1(CC)C2NC3=C(C)/C(=C\C(C)CC)C(C)(C)c4c3c(cc3ccccc43)C21. The summed E-state index contributed by atoms with van der Waals surface area (Å²) in [5.74, 6) is 1.11. The van der Waals surface area contributed by atoms with Gasteiger partial charge in [-0.2, -0.15) is 0 Å². The van der Waals surface area contributed by atoms with Crippen molar-refractivity contribution in [2.45, 2.75) is 71.8 Å². The highest BCUT2D eigenvalue weighted by atomic mass is 15.1. The van der Waals surface area contributed by atoms with Crippen LogP contribution >= 0.6 is 0 Å². The molecule has 0 radical (unpaired) electrons. The summed E-state index contributed by atoms with van der Waals surface area (Å²) in [4.78, 5) is 0. The Morgan fingerprint density at radius 2 is 1.93 bits per heavy atom. The molecule has 3 aliphatic rings. The largest absolute Gasteiger partial charge is 0.380 e. The molecule has 1 saturated carbocycles. The molecule has 30 heavy (non-hydrogen) atoms. The summed E-state index contributed by atoms with van der Waals surface area (Å²) >= 11 is 0. The summed E-state index contributed by atoms with van der Waals surface area (Å²) in [7, 11) is 0. The van der Waals surface area contributed by atoms with E-state index < -0.39 is 0 Å². The third kappa shape index (κ3) is 2.30. The van der Waals surface area contributed by atoms with Crippen LogP contribution in [0, 0.1) is 11.3 Å². The summed E-state index contributed by atoms with van der Waals surface area (Å²) in [6.07, 6.45) is 7.06. The predicted molar refractivity (Wildman–Crippen MR) is 130 cm³/mol. The number of benzene rings is 2. The van der Waals surface area contributed by atoms with Gasteiger partial charge in [0.25, 0.3) is 0 Å². The maximum atomic E-state index is 4.26. The molecular weight excluding hydrogens is 362 g/mol. The van der Waals surface area contributed by atoms with Crippen molar-refractivity contribution < 1.29 is 0 Å². The van der Waals surface area contributed by atoms with Crippen molar-refractivity contribution in [3.8, 4) is 0 Å². The molecule has 0 spiro atoms. The van der Waals surface area contributed by atoms with Crippen molar-refractivity contribution >= 4 is 16.5 Å². The van der Waals surface area contributed by atoms with Gasteiger partial charge < -0.3 is 5.32 Å². The Labute approximate surface area is 182 Å². The van der Waals surface area contributed by atoms with Crippen LogP contribution < -0.4 is 5.32 Å². The van der Waals surface area contributed by atoms with Crippen molar-refractivity contribution in [3.63, 3.8) is 0 Å². The number of rotatable bonds is 4. The minimum absolute atomic E-state index is 0.0194. The second-order valence-electron chi connectivity index (χ2n) is 10.3. The lowest BCUT2D eigenvalue weighted by atomic mass is 9.64. The number of allylic oxidation sites excluding steroid dienone is 3. The molecule has 2 aromatic rings. The van der Waals surface area contributed by atoms with Gasteiger partial charge in [0.2, 0.25) is 0 Å². The minimum Gasteiger partial charge on any atom is -0.380 e. The van der Waals surface area contributed by atoms with Gasteiger partial charge in [0, 0.05) is 34.1 Å². The van der Waals surface area contributed by atoms with E-state index in [4.69, 9.17) is 0 Å². The summed E-state index contributed by atoms with van der Waals surface area (Å²) < 4.78 is 0. The second-order valence-corrected chi connectivity index (χ2v) is 10.3. The Kier molecular flexibility index (Phi) is 4.17. The van der Waals surface area contributed by atoms with Crippen molar-refractivity contribution in [1.29, 1.82) is 0 Å². The molecule has 0 bridgehead atoms. The van der Waals surface area contributed by atoms with Crippen molar-refractivity contribution in [2.24, 2.45) is 11.3 Å². The van der Waals surface area contributed by atoms with Gasteiger partial charge in [-0.1, -0.05) is 83.5 Å². The average molecular weight is 398 g/mol. The zero-order valence-corrected chi connectivity index (χ0v) is 19.4. The molecule has 4 atom stereocenters. The van der Waals surface area contributed by atoms with Gasteiger partial charge in [-0.3, -0.25) is 0 Å². The lowest BCUT2D eigenvalue weighted by Gasteiger charge is -2.42. The van der Waals surface area contributed by atoms with Gasteiger partial charge >= 0.3 is 0 Å². The first kappa shape index (κ1) is 19.7. The van der Waals surface area contributed by atoms with Crippen molar-refractivity contribution in [1.82, 2.24) is 5.32 Å². The summed E-state index contributed by atoms with van der Waals surface area (Å²) in [5, 5.41) is 6.81. The van der Waals surface area contributed by atoms with Crippen molar-refractivity contribution in [3.05, 3.63) is 76.9 Å². The van der Waals surface area contributed by atoms with E-state index in [0.717, 1.165) is 6.42 Å². The zero-order chi connectivity index (χ0) is 21.4. The Bertz CT molecular complexity index is 1130. The van der Waals surface area contributed by atoms with Crippen LogP contribution in [0.25, 0.3) is 16.5 Å². The molecule has 1 fully saturated rings. The van der Waals surface area contributed by atoms with Crippen LogP contribution in [0.4, 0.5) is 0 Å². The van der Waals surface area contributed by atoms with Crippen LogP contribution in [0.5, 0.6) is 0 Å². The molecule has 0 amide bonds. The fourth-order valence-corrected chi connectivity index (χ4v) is 6.51. The first-order valence-electron chi connectivity index (χ1n) is 11.7. The first-order valence-corrected chi connectivity index (χ1v) is 11.7. The Balaban J connectivity index is 1.89. The third-order valence-electron chi connectivity index (χ3n) is 8.51. The second kappa shape index (κ2) is 6.36. The van der Waals surface area contributed by atoms with Crippen molar-refractivity contribution in [2.75, 3.05) is 0 Å². The number of hydrogen-bond acceptors (Lipinski definition) is 1. The molecule has 1 aliphatic heterocycles. The average Bonchev–Trinajstić information content (AvgIpc) is 3.41. The standard InChI is InChI=1S/C29H35N/c1-8-17(4)15-22-18(5)26-23-21(25-27(30-26)29(25,9-2)10-3)16-19-13-11-12-14-20(19)24(23)28(22,6)7/h9,11-17,25,27,30H,2,8,10H2,1,3-7H3/b22-15+. The molecule has 5 rings (SSSR count). The van der Waals surface area contributed by atoms with E-state index in [1.165, 1.54) is 45.2 Å². The van der Waals surface area contributed by atoms with E-state index in [2.05, 4.69) is 95.9 Å². The zero-order valence-electron chi connectivity index (χ0n) is 19.4. The van der Waals surface area contributed by atoms with Gasteiger partial charge in [-0.05, 0) is 52.3 Å². The molecule has 0 aromatic heterocycles. The monoisotopic (exact) mass is 397 g/mol. The molecule has 156 valence electrons. The molecule has 1 heterocycles. The van der Waals surface area contributed by atoms with E-state index >= 15 is 0 Å². The van der Waals surface area contributed by atoms with E-state index in [0.29, 0.717) is 17.9 Å². The maximum absolute atomic E-state index is 4.26. The molecule has 1 N–H and O–H groups in total. The molecular formula is C29H35N. The van der Waals surface area contributed by atoms with E-state index in [1.54, 1.807) is 5.56 Å². The fourth-order valence-electron chi connectivity index (χ4n) is 6.51. The van der Waals surface area contributed by atoms with Crippen LogP contribution in [0.15, 0.2) is 60.2 Å². The predicted octanol–water partition coefficient (Wildman–Crippen LogP) is 7.49. The number of nitrogens with one attached hydrogen (secondary N) is 1. The quantitative estimate of drug-likeness (QED) is 0.527. The highest BCUT2D eigenvalue weighted by Crippen LogP contribution is 2.68. The van der Waals surface area contributed by atoms with Gasteiger partial charge in [0.05, 0.1) is 0 Å². The molecule has 0 saturated heterocycles. The number of hydrogen-bond donors (Lipinski definition) is 1. The molecule has 2 aliphatic carbocycles. The Hall–Kier alpha value is -2.28. The topological polar surface area (TPSA) is 12.0 Å². The lowest BCUT2D eigenvalue weighted by Crippen LogP contribution is -2.35. The Morgan fingerprint density at radius 3 is 2.60 bits per heavy atom. The third-order valence-corrected chi connectivity index (χ3v) is 8.51.